The molecule has 0 spiro atoms. The van der Waals surface area contributed by atoms with Crippen LogP contribution in [0.25, 0.3) is 0 Å². The van der Waals surface area contributed by atoms with Crippen molar-refractivity contribution in [3.8, 4) is 0 Å². The van der Waals surface area contributed by atoms with Crippen molar-refractivity contribution in [3.63, 3.8) is 0 Å². The van der Waals surface area contributed by atoms with Gasteiger partial charge in [0, 0.05) is 19.6 Å². The number of pyridine rings is 1. The van der Waals surface area contributed by atoms with Gasteiger partial charge in [-0.3, -0.25) is 4.79 Å². The molecule has 4 nitrogen and oxygen atoms in total. The molecule has 0 aliphatic heterocycles. The van der Waals surface area contributed by atoms with E-state index >= 15 is 0 Å². The SMILES string of the molecule is CCN(CC)c1ccc(C(=O)NCC(C)C)nc1. The number of nitrogens with zero attached hydrogens (tertiary/aromatic N) is 2. The van der Waals surface area contributed by atoms with Gasteiger partial charge in [-0.25, -0.2) is 4.98 Å². The van der Waals surface area contributed by atoms with E-state index in [1.807, 2.05) is 6.07 Å². The second kappa shape index (κ2) is 6.99. The molecule has 100 valence electrons. The van der Waals surface area contributed by atoms with Gasteiger partial charge in [0.15, 0.2) is 0 Å². The first kappa shape index (κ1) is 14.5. The Kier molecular flexibility index (Phi) is 5.62. The third kappa shape index (κ3) is 4.02. The Bertz CT molecular complexity index is 369. The van der Waals surface area contributed by atoms with E-state index in [-0.39, 0.29) is 5.91 Å². The zero-order valence-electron chi connectivity index (χ0n) is 11.7. The second-order valence-electron chi connectivity index (χ2n) is 4.68. The highest BCUT2D eigenvalue weighted by Crippen LogP contribution is 2.12. The molecule has 0 saturated heterocycles. The summed E-state index contributed by atoms with van der Waals surface area (Å²) in [6.07, 6.45) is 1.76. The summed E-state index contributed by atoms with van der Waals surface area (Å²) in [7, 11) is 0. The van der Waals surface area contributed by atoms with Gasteiger partial charge in [-0.15, -0.1) is 0 Å². The predicted octanol–water partition coefficient (Wildman–Crippen LogP) is 2.31. The summed E-state index contributed by atoms with van der Waals surface area (Å²) >= 11 is 0. The van der Waals surface area contributed by atoms with Crippen LogP contribution in [0.3, 0.4) is 0 Å². The van der Waals surface area contributed by atoms with E-state index in [2.05, 4.69) is 42.9 Å². The molecule has 0 saturated carbocycles. The Morgan fingerprint density at radius 2 is 2.00 bits per heavy atom. The maximum absolute atomic E-state index is 11.8. The zero-order valence-corrected chi connectivity index (χ0v) is 11.7. The van der Waals surface area contributed by atoms with E-state index in [0.717, 1.165) is 18.8 Å². The molecule has 0 fully saturated rings. The van der Waals surface area contributed by atoms with E-state index in [1.54, 1.807) is 12.3 Å². The molecule has 0 aliphatic rings. The molecule has 0 aromatic carbocycles. The predicted molar refractivity (Wildman–Crippen MR) is 75.0 cm³/mol. The van der Waals surface area contributed by atoms with E-state index in [1.165, 1.54) is 0 Å². The average molecular weight is 249 g/mol. The largest absolute Gasteiger partial charge is 0.371 e. The fraction of sp³-hybridized carbons (Fsp3) is 0.571. The second-order valence-corrected chi connectivity index (χ2v) is 4.68. The van der Waals surface area contributed by atoms with E-state index in [0.29, 0.717) is 18.2 Å². The minimum atomic E-state index is -0.102. The third-order valence-electron chi connectivity index (χ3n) is 2.78. The van der Waals surface area contributed by atoms with Crippen molar-refractivity contribution in [2.24, 2.45) is 5.92 Å². The first-order valence-corrected chi connectivity index (χ1v) is 6.57. The Balaban J connectivity index is 2.67. The maximum Gasteiger partial charge on any atom is 0.269 e. The van der Waals surface area contributed by atoms with Crippen LogP contribution in [0.1, 0.15) is 38.2 Å². The molecule has 0 radical (unpaired) electrons. The molecule has 1 rings (SSSR count). The lowest BCUT2D eigenvalue weighted by atomic mass is 10.2. The van der Waals surface area contributed by atoms with Crippen LogP contribution in [0.4, 0.5) is 5.69 Å². The Morgan fingerprint density at radius 1 is 1.33 bits per heavy atom. The fourth-order valence-electron chi connectivity index (χ4n) is 1.68. The number of rotatable bonds is 6. The minimum absolute atomic E-state index is 0.102. The molecule has 0 unspecified atom stereocenters. The number of anilines is 1. The lowest BCUT2D eigenvalue weighted by Crippen LogP contribution is -2.28. The van der Waals surface area contributed by atoms with Crippen LogP contribution in [0.15, 0.2) is 18.3 Å². The van der Waals surface area contributed by atoms with Gasteiger partial charge < -0.3 is 10.2 Å². The Labute approximate surface area is 109 Å². The van der Waals surface area contributed by atoms with Crippen molar-refractivity contribution in [1.82, 2.24) is 10.3 Å². The molecule has 1 N–H and O–H groups in total. The van der Waals surface area contributed by atoms with Crippen LogP contribution >= 0.6 is 0 Å². The number of hydrogen-bond acceptors (Lipinski definition) is 3. The lowest BCUT2D eigenvalue weighted by molar-refractivity contribution is 0.0944. The molecule has 1 heterocycles. The number of aromatic nitrogens is 1. The van der Waals surface area contributed by atoms with Gasteiger partial charge in [0.25, 0.3) is 5.91 Å². The van der Waals surface area contributed by atoms with Crippen LogP contribution in [-0.4, -0.2) is 30.5 Å². The summed E-state index contributed by atoms with van der Waals surface area (Å²) in [6.45, 7) is 10.9. The highest BCUT2D eigenvalue weighted by Gasteiger charge is 2.08. The number of nitrogens with one attached hydrogen (secondary N) is 1. The van der Waals surface area contributed by atoms with Crippen molar-refractivity contribution in [3.05, 3.63) is 24.0 Å². The monoisotopic (exact) mass is 249 g/mol. The van der Waals surface area contributed by atoms with Gasteiger partial charge >= 0.3 is 0 Å². The fourth-order valence-corrected chi connectivity index (χ4v) is 1.68. The lowest BCUT2D eigenvalue weighted by Gasteiger charge is -2.20. The number of hydrogen-bond donors (Lipinski definition) is 1. The first-order chi connectivity index (χ1) is 8.58. The van der Waals surface area contributed by atoms with Crippen LogP contribution in [0, 0.1) is 5.92 Å². The van der Waals surface area contributed by atoms with E-state index in [9.17, 15) is 4.79 Å². The van der Waals surface area contributed by atoms with Crippen molar-refractivity contribution in [1.29, 1.82) is 0 Å². The van der Waals surface area contributed by atoms with Crippen LogP contribution in [0.2, 0.25) is 0 Å². The van der Waals surface area contributed by atoms with Crippen molar-refractivity contribution >= 4 is 11.6 Å². The summed E-state index contributed by atoms with van der Waals surface area (Å²) < 4.78 is 0. The van der Waals surface area contributed by atoms with E-state index < -0.39 is 0 Å². The Morgan fingerprint density at radius 3 is 2.44 bits per heavy atom. The smallest absolute Gasteiger partial charge is 0.269 e. The number of carbonyl (C=O) groups is 1. The molecule has 4 heteroatoms. The van der Waals surface area contributed by atoms with Gasteiger partial charge in [-0.05, 0) is 31.9 Å². The maximum atomic E-state index is 11.8. The summed E-state index contributed by atoms with van der Waals surface area (Å²) in [4.78, 5) is 18.2. The summed E-state index contributed by atoms with van der Waals surface area (Å²) in [5.74, 6) is 0.346. The van der Waals surface area contributed by atoms with Crippen molar-refractivity contribution < 1.29 is 4.79 Å². The molecule has 1 aromatic heterocycles. The molecule has 1 aromatic rings. The van der Waals surface area contributed by atoms with Gasteiger partial charge in [0.2, 0.25) is 0 Å². The quantitative estimate of drug-likeness (QED) is 0.841. The summed E-state index contributed by atoms with van der Waals surface area (Å²) in [5.41, 5.74) is 1.53. The van der Waals surface area contributed by atoms with Gasteiger partial charge in [0.1, 0.15) is 5.69 Å². The average Bonchev–Trinajstić information content (AvgIpc) is 2.38. The standard InChI is InChI=1S/C14H23N3O/c1-5-17(6-2)12-7-8-13(15-10-12)14(18)16-9-11(3)4/h7-8,10-11H,5-6,9H2,1-4H3,(H,16,18). The summed E-state index contributed by atoms with van der Waals surface area (Å²) in [6, 6.07) is 3.73. The zero-order chi connectivity index (χ0) is 13.5. The van der Waals surface area contributed by atoms with Crippen LogP contribution in [-0.2, 0) is 0 Å². The molecule has 0 aliphatic carbocycles. The molecule has 18 heavy (non-hydrogen) atoms. The van der Waals surface area contributed by atoms with Crippen LogP contribution in [0.5, 0.6) is 0 Å². The van der Waals surface area contributed by atoms with Gasteiger partial charge in [-0.1, -0.05) is 13.8 Å². The summed E-state index contributed by atoms with van der Waals surface area (Å²) in [5, 5.41) is 2.86. The van der Waals surface area contributed by atoms with E-state index in [4.69, 9.17) is 0 Å². The van der Waals surface area contributed by atoms with Crippen LogP contribution < -0.4 is 10.2 Å². The molecule has 0 atom stereocenters. The number of carbonyl (C=O) groups excluding carboxylic acids is 1. The van der Waals surface area contributed by atoms with Crippen molar-refractivity contribution in [2.45, 2.75) is 27.7 Å². The first-order valence-electron chi connectivity index (χ1n) is 6.57. The molecule has 0 bridgehead atoms. The highest BCUT2D eigenvalue weighted by molar-refractivity contribution is 5.92. The van der Waals surface area contributed by atoms with Gasteiger partial charge in [0.05, 0.1) is 11.9 Å². The van der Waals surface area contributed by atoms with Crippen molar-refractivity contribution in [2.75, 3.05) is 24.5 Å². The number of amides is 1. The highest BCUT2D eigenvalue weighted by atomic mass is 16.1. The normalized spacial score (nSPS) is 10.5. The molecule has 1 amide bonds. The molecular weight excluding hydrogens is 226 g/mol. The minimum Gasteiger partial charge on any atom is -0.371 e. The van der Waals surface area contributed by atoms with Gasteiger partial charge in [-0.2, -0.15) is 0 Å². The third-order valence-corrected chi connectivity index (χ3v) is 2.78. The topological polar surface area (TPSA) is 45.2 Å². The molecular formula is C14H23N3O. The Hall–Kier alpha value is -1.58.